The Balaban J connectivity index is 1.71. The number of Topliss-reactive ketones (excluding diaryl/α,β-unsaturated/α-hetero) is 1. The molecule has 0 heterocycles. The van der Waals surface area contributed by atoms with Gasteiger partial charge in [0.2, 0.25) is 5.91 Å². The number of ketones is 1. The lowest BCUT2D eigenvalue weighted by molar-refractivity contribution is -0.136. The molecule has 3 nitrogen and oxygen atoms in total. The Kier molecular flexibility index (Phi) is 3.83. The quantitative estimate of drug-likeness (QED) is 0.901. The van der Waals surface area contributed by atoms with Crippen molar-refractivity contribution in [1.29, 1.82) is 0 Å². The summed E-state index contributed by atoms with van der Waals surface area (Å²) in [7, 11) is 0. The lowest BCUT2D eigenvalue weighted by atomic mass is 9.67. The van der Waals surface area contributed by atoms with E-state index < -0.39 is 0 Å². The summed E-state index contributed by atoms with van der Waals surface area (Å²) in [6.07, 6.45) is 4.58. The van der Waals surface area contributed by atoms with Crippen molar-refractivity contribution in [2.45, 2.75) is 46.0 Å². The average Bonchev–Trinajstić information content (AvgIpc) is 2.43. The van der Waals surface area contributed by atoms with Crippen LogP contribution in [-0.4, -0.2) is 11.7 Å². The van der Waals surface area contributed by atoms with Crippen molar-refractivity contribution in [1.82, 2.24) is 0 Å². The zero-order valence-corrected chi connectivity index (χ0v) is 12.8. The smallest absolute Gasteiger partial charge is 0.227 e. The molecule has 2 atom stereocenters. The largest absolute Gasteiger partial charge is 0.326 e. The maximum Gasteiger partial charge on any atom is 0.227 e. The van der Waals surface area contributed by atoms with Crippen LogP contribution in [0.15, 0.2) is 18.2 Å². The molecule has 0 aromatic heterocycles. The molecule has 3 heteroatoms. The monoisotopic (exact) mass is 285 g/mol. The van der Waals surface area contributed by atoms with Gasteiger partial charge in [0.1, 0.15) is 5.78 Å². The van der Waals surface area contributed by atoms with Gasteiger partial charge in [0.05, 0.1) is 0 Å². The molecule has 1 aromatic carbocycles. The molecule has 0 spiro atoms. The van der Waals surface area contributed by atoms with E-state index in [9.17, 15) is 9.59 Å². The van der Waals surface area contributed by atoms with Gasteiger partial charge in [0.15, 0.2) is 0 Å². The minimum atomic E-state index is -0.00193. The van der Waals surface area contributed by atoms with E-state index in [0.717, 1.165) is 43.4 Å². The first-order chi connectivity index (χ1) is 10.1. The first-order valence-corrected chi connectivity index (χ1v) is 7.97. The van der Waals surface area contributed by atoms with E-state index >= 15 is 0 Å². The summed E-state index contributed by atoms with van der Waals surface area (Å²) < 4.78 is 0. The molecule has 2 fully saturated rings. The van der Waals surface area contributed by atoms with Crippen molar-refractivity contribution in [2.24, 2.45) is 17.8 Å². The van der Waals surface area contributed by atoms with E-state index in [1.165, 1.54) is 5.56 Å². The molecule has 3 rings (SSSR count). The van der Waals surface area contributed by atoms with Gasteiger partial charge in [-0.3, -0.25) is 9.59 Å². The number of benzene rings is 1. The van der Waals surface area contributed by atoms with Crippen LogP contribution in [0.2, 0.25) is 0 Å². The third-order valence-electron chi connectivity index (χ3n) is 5.28. The Bertz CT molecular complexity index is 563. The standard InChI is InChI=1S/C18H23NO2/c1-11-5-3-8-16(12(11)2)19-18(21)15-9-13-6-4-7-14(10-15)17(13)20/h3,5,8,13-15H,4,6-7,9-10H2,1-2H3,(H,19,21)/t13-,14-/m0/s1. The number of rotatable bonds is 2. The van der Waals surface area contributed by atoms with E-state index in [4.69, 9.17) is 0 Å². The molecule has 0 aliphatic heterocycles. The highest BCUT2D eigenvalue weighted by molar-refractivity contribution is 5.95. The lowest BCUT2D eigenvalue weighted by Crippen LogP contribution is -2.40. The molecule has 2 saturated carbocycles. The van der Waals surface area contributed by atoms with Gasteiger partial charge in [0.25, 0.3) is 0 Å². The van der Waals surface area contributed by atoms with Crippen molar-refractivity contribution in [3.05, 3.63) is 29.3 Å². The number of carbonyl (C=O) groups is 2. The third kappa shape index (κ3) is 2.74. The molecule has 0 radical (unpaired) electrons. The third-order valence-corrected chi connectivity index (χ3v) is 5.28. The van der Waals surface area contributed by atoms with E-state index in [1.807, 2.05) is 19.1 Å². The highest BCUT2D eigenvalue weighted by Gasteiger charge is 2.41. The topological polar surface area (TPSA) is 46.2 Å². The molecule has 0 unspecified atom stereocenters. The fourth-order valence-electron chi connectivity index (χ4n) is 3.82. The first-order valence-electron chi connectivity index (χ1n) is 7.97. The Morgan fingerprint density at radius 2 is 1.81 bits per heavy atom. The van der Waals surface area contributed by atoms with Gasteiger partial charge in [0, 0.05) is 23.4 Å². The van der Waals surface area contributed by atoms with Crippen LogP contribution in [0.4, 0.5) is 5.69 Å². The molecular weight excluding hydrogens is 262 g/mol. The van der Waals surface area contributed by atoms with Gasteiger partial charge >= 0.3 is 0 Å². The summed E-state index contributed by atoms with van der Waals surface area (Å²) >= 11 is 0. The van der Waals surface area contributed by atoms with Crippen molar-refractivity contribution < 1.29 is 9.59 Å². The first kappa shape index (κ1) is 14.3. The van der Waals surface area contributed by atoms with Crippen LogP contribution in [-0.2, 0) is 9.59 Å². The SMILES string of the molecule is Cc1cccc(NC(=O)C2C[C@@H]3CCC[C@@H](C2)C3=O)c1C. The minimum Gasteiger partial charge on any atom is -0.326 e. The molecule has 2 bridgehead atoms. The van der Waals surface area contributed by atoms with E-state index in [1.54, 1.807) is 0 Å². The zero-order chi connectivity index (χ0) is 15.0. The van der Waals surface area contributed by atoms with Crippen LogP contribution >= 0.6 is 0 Å². The molecule has 1 amide bonds. The summed E-state index contributed by atoms with van der Waals surface area (Å²) in [5, 5.41) is 3.07. The van der Waals surface area contributed by atoms with Crippen molar-refractivity contribution in [3.8, 4) is 0 Å². The predicted octanol–water partition coefficient (Wildman–Crippen LogP) is 3.64. The van der Waals surface area contributed by atoms with Crippen LogP contribution in [0.1, 0.15) is 43.2 Å². The van der Waals surface area contributed by atoms with Crippen molar-refractivity contribution in [2.75, 3.05) is 5.32 Å². The Morgan fingerprint density at radius 3 is 2.48 bits per heavy atom. The number of amides is 1. The number of nitrogens with one attached hydrogen (secondary N) is 1. The minimum absolute atomic E-state index is 0.00193. The average molecular weight is 285 g/mol. The number of hydrogen-bond acceptors (Lipinski definition) is 2. The van der Waals surface area contributed by atoms with Crippen LogP contribution in [0.3, 0.4) is 0 Å². The zero-order valence-electron chi connectivity index (χ0n) is 12.8. The van der Waals surface area contributed by atoms with Gasteiger partial charge in [-0.2, -0.15) is 0 Å². The number of carbonyl (C=O) groups excluding carboxylic acids is 2. The van der Waals surface area contributed by atoms with Crippen LogP contribution in [0.25, 0.3) is 0 Å². The van der Waals surface area contributed by atoms with Gasteiger partial charge in [-0.25, -0.2) is 0 Å². The summed E-state index contributed by atoms with van der Waals surface area (Å²) in [6, 6.07) is 5.97. The lowest BCUT2D eigenvalue weighted by Gasteiger charge is -2.37. The van der Waals surface area contributed by atoms with E-state index in [-0.39, 0.29) is 23.7 Å². The second kappa shape index (κ2) is 5.63. The molecule has 112 valence electrons. The number of anilines is 1. The van der Waals surface area contributed by atoms with Crippen molar-refractivity contribution in [3.63, 3.8) is 0 Å². The van der Waals surface area contributed by atoms with Crippen molar-refractivity contribution >= 4 is 17.4 Å². The number of fused-ring (bicyclic) bond motifs is 2. The summed E-state index contributed by atoms with van der Waals surface area (Å²) in [6.45, 7) is 4.08. The summed E-state index contributed by atoms with van der Waals surface area (Å²) in [4.78, 5) is 24.6. The Hall–Kier alpha value is -1.64. The van der Waals surface area contributed by atoms with Crippen LogP contribution in [0, 0.1) is 31.6 Å². The molecule has 1 N–H and O–H groups in total. The van der Waals surface area contributed by atoms with Crippen LogP contribution in [0.5, 0.6) is 0 Å². The summed E-state index contributed by atoms with van der Waals surface area (Å²) in [5.74, 6) is 0.766. The second-order valence-electron chi connectivity index (χ2n) is 6.63. The van der Waals surface area contributed by atoms with Gasteiger partial charge in [-0.05, 0) is 56.7 Å². The maximum absolute atomic E-state index is 12.5. The van der Waals surface area contributed by atoms with Gasteiger partial charge < -0.3 is 5.32 Å². The highest BCUT2D eigenvalue weighted by Crippen LogP contribution is 2.40. The van der Waals surface area contributed by atoms with Gasteiger partial charge in [-0.15, -0.1) is 0 Å². The Morgan fingerprint density at radius 1 is 1.14 bits per heavy atom. The number of aryl methyl sites for hydroxylation is 1. The maximum atomic E-state index is 12.5. The summed E-state index contributed by atoms with van der Waals surface area (Å²) in [5.41, 5.74) is 3.21. The second-order valence-corrected chi connectivity index (χ2v) is 6.63. The highest BCUT2D eigenvalue weighted by atomic mass is 16.2. The molecule has 2 aliphatic rings. The molecule has 21 heavy (non-hydrogen) atoms. The van der Waals surface area contributed by atoms with E-state index in [2.05, 4.69) is 18.3 Å². The number of hydrogen-bond donors (Lipinski definition) is 1. The van der Waals surface area contributed by atoms with E-state index in [0.29, 0.717) is 5.78 Å². The normalized spacial score (nSPS) is 28.3. The predicted molar refractivity (Wildman–Crippen MR) is 83.1 cm³/mol. The molecule has 1 aromatic rings. The Labute approximate surface area is 126 Å². The molecule has 0 saturated heterocycles. The molecule has 2 aliphatic carbocycles. The fourth-order valence-corrected chi connectivity index (χ4v) is 3.82. The van der Waals surface area contributed by atoms with Crippen LogP contribution < -0.4 is 5.32 Å². The molecular formula is C18H23NO2. The fraction of sp³-hybridized carbons (Fsp3) is 0.556. The van der Waals surface area contributed by atoms with Gasteiger partial charge in [-0.1, -0.05) is 18.6 Å².